The van der Waals surface area contributed by atoms with E-state index in [-0.39, 0.29) is 6.29 Å². The molecule has 5 heteroatoms. The molecule has 0 spiro atoms. The molecule has 1 atom stereocenters. The SMILES string of the molecule is CCCCOCCOCCOCC1Oc2ccc(CCC)cc2O1. The molecule has 0 aromatic heterocycles. The molecule has 0 radical (unpaired) electrons. The molecule has 0 fully saturated rings. The molecule has 0 amide bonds. The predicted molar refractivity (Wildman–Crippen MR) is 92.8 cm³/mol. The van der Waals surface area contributed by atoms with Gasteiger partial charge in [0.05, 0.1) is 26.4 Å². The van der Waals surface area contributed by atoms with E-state index < -0.39 is 0 Å². The number of fused-ring (bicyclic) bond motifs is 1. The zero-order valence-electron chi connectivity index (χ0n) is 14.9. The number of benzene rings is 1. The molecule has 1 unspecified atom stereocenters. The van der Waals surface area contributed by atoms with Gasteiger partial charge in [0, 0.05) is 6.61 Å². The van der Waals surface area contributed by atoms with Gasteiger partial charge in [0.1, 0.15) is 6.61 Å². The number of ether oxygens (including phenoxy) is 5. The van der Waals surface area contributed by atoms with E-state index >= 15 is 0 Å². The highest BCUT2D eigenvalue weighted by molar-refractivity contribution is 5.45. The summed E-state index contributed by atoms with van der Waals surface area (Å²) < 4.78 is 27.9. The zero-order chi connectivity index (χ0) is 17.0. The average molecular weight is 338 g/mol. The first kappa shape index (κ1) is 19.0. The van der Waals surface area contributed by atoms with E-state index in [1.165, 1.54) is 5.56 Å². The molecule has 0 saturated carbocycles. The van der Waals surface area contributed by atoms with Gasteiger partial charge in [-0.1, -0.05) is 32.8 Å². The van der Waals surface area contributed by atoms with Crippen LogP contribution < -0.4 is 9.47 Å². The van der Waals surface area contributed by atoms with Crippen LogP contribution in [0.4, 0.5) is 0 Å². The number of hydrogen-bond acceptors (Lipinski definition) is 5. The number of rotatable bonds is 13. The van der Waals surface area contributed by atoms with Crippen molar-refractivity contribution in [1.82, 2.24) is 0 Å². The first-order chi connectivity index (χ1) is 11.8. The molecular weight excluding hydrogens is 308 g/mol. The molecule has 0 aliphatic carbocycles. The Bertz CT molecular complexity index is 463. The number of aryl methyl sites for hydroxylation is 1. The second-order valence-corrected chi connectivity index (χ2v) is 5.85. The second kappa shape index (κ2) is 11.3. The van der Waals surface area contributed by atoms with Crippen molar-refractivity contribution in [3.8, 4) is 11.5 Å². The van der Waals surface area contributed by atoms with E-state index in [0.29, 0.717) is 33.0 Å². The molecule has 136 valence electrons. The number of unbranched alkanes of at least 4 members (excludes halogenated alkanes) is 1. The Morgan fingerprint density at radius 3 is 2.29 bits per heavy atom. The fourth-order valence-corrected chi connectivity index (χ4v) is 2.43. The molecule has 1 aromatic rings. The number of hydrogen-bond donors (Lipinski definition) is 0. The summed E-state index contributed by atoms with van der Waals surface area (Å²) in [4.78, 5) is 0. The lowest BCUT2D eigenvalue weighted by Gasteiger charge is -2.11. The van der Waals surface area contributed by atoms with Crippen molar-refractivity contribution >= 4 is 0 Å². The van der Waals surface area contributed by atoms with Gasteiger partial charge >= 0.3 is 0 Å². The van der Waals surface area contributed by atoms with Crippen LogP contribution in [0.5, 0.6) is 11.5 Å². The standard InChI is InChI=1S/C19H30O5/c1-3-5-9-20-10-11-21-12-13-22-15-19-23-17-8-7-16(6-4-2)14-18(17)24-19/h7-8,14,19H,3-6,9-13,15H2,1-2H3. The maximum atomic E-state index is 5.77. The van der Waals surface area contributed by atoms with Gasteiger partial charge in [-0.3, -0.25) is 0 Å². The van der Waals surface area contributed by atoms with Gasteiger partial charge in [0.25, 0.3) is 6.29 Å². The molecule has 0 bridgehead atoms. The fraction of sp³-hybridized carbons (Fsp3) is 0.684. The summed E-state index contributed by atoms with van der Waals surface area (Å²) in [6.07, 6.45) is 4.07. The lowest BCUT2D eigenvalue weighted by Crippen LogP contribution is -2.25. The summed E-state index contributed by atoms with van der Waals surface area (Å²) in [6, 6.07) is 6.12. The second-order valence-electron chi connectivity index (χ2n) is 5.85. The van der Waals surface area contributed by atoms with Crippen LogP contribution in [0.2, 0.25) is 0 Å². The summed E-state index contributed by atoms with van der Waals surface area (Å²) in [5.41, 5.74) is 1.27. The predicted octanol–water partition coefficient (Wildman–Crippen LogP) is 3.59. The molecule has 2 rings (SSSR count). The van der Waals surface area contributed by atoms with Crippen LogP contribution in [-0.4, -0.2) is 45.9 Å². The van der Waals surface area contributed by atoms with E-state index in [0.717, 1.165) is 43.8 Å². The molecule has 1 aliphatic heterocycles. The molecule has 1 aliphatic rings. The van der Waals surface area contributed by atoms with E-state index in [4.69, 9.17) is 23.7 Å². The monoisotopic (exact) mass is 338 g/mol. The van der Waals surface area contributed by atoms with E-state index in [2.05, 4.69) is 26.0 Å². The van der Waals surface area contributed by atoms with Crippen LogP contribution in [0.25, 0.3) is 0 Å². The highest BCUT2D eigenvalue weighted by Gasteiger charge is 2.24. The normalized spacial score (nSPS) is 15.8. The van der Waals surface area contributed by atoms with Gasteiger partial charge in [0.2, 0.25) is 0 Å². The molecule has 0 saturated heterocycles. The molecule has 1 aromatic carbocycles. The summed E-state index contributed by atoms with van der Waals surface area (Å²) in [6.45, 7) is 7.85. The third kappa shape index (κ3) is 6.67. The molecule has 1 heterocycles. The Morgan fingerprint density at radius 2 is 1.54 bits per heavy atom. The van der Waals surface area contributed by atoms with E-state index in [1.807, 2.05) is 6.07 Å². The van der Waals surface area contributed by atoms with Crippen LogP contribution in [0.1, 0.15) is 38.7 Å². The zero-order valence-corrected chi connectivity index (χ0v) is 14.9. The quantitative estimate of drug-likeness (QED) is 0.514. The lowest BCUT2D eigenvalue weighted by atomic mass is 10.1. The fourth-order valence-electron chi connectivity index (χ4n) is 2.43. The van der Waals surface area contributed by atoms with Crippen LogP contribution >= 0.6 is 0 Å². The van der Waals surface area contributed by atoms with Crippen LogP contribution in [0.15, 0.2) is 18.2 Å². The summed E-state index contributed by atoms with van der Waals surface area (Å²) in [7, 11) is 0. The van der Waals surface area contributed by atoms with Crippen molar-refractivity contribution in [1.29, 1.82) is 0 Å². The van der Waals surface area contributed by atoms with Crippen molar-refractivity contribution in [2.75, 3.05) is 39.6 Å². The van der Waals surface area contributed by atoms with Gasteiger partial charge in [-0.2, -0.15) is 0 Å². The van der Waals surface area contributed by atoms with Gasteiger partial charge < -0.3 is 23.7 Å². The topological polar surface area (TPSA) is 46.2 Å². The van der Waals surface area contributed by atoms with Crippen LogP contribution in [0, 0.1) is 0 Å². The first-order valence-corrected chi connectivity index (χ1v) is 9.03. The first-order valence-electron chi connectivity index (χ1n) is 9.03. The highest BCUT2D eigenvalue weighted by atomic mass is 16.7. The summed E-state index contributed by atoms with van der Waals surface area (Å²) >= 11 is 0. The van der Waals surface area contributed by atoms with E-state index in [9.17, 15) is 0 Å². The molecule has 5 nitrogen and oxygen atoms in total. The summed E-state index contributed by atoms with van der Waals surface area (Å²) in [5, 5.41) is 0. The van der Waals surface area contributed by atoms with Gasteiger partial charge in [-0.05, 0) is 30.5 Å². The average Bonchev–Trinajstić information content (AvgIpc) is 2.99. The van der Waals surface area contributed by atoms with Crippen LogP contribution in [0.3, 0.4) is 0 Å². The third-order valence-electron chi connectivity index (χ3n) is 3.70. The van der Waals surface area contributed by atoms with Crippen molar-refractivity contribution in [3.63, 3.8) is 0 Å². The Hall–Kier alpha value is -1.30. The highest BCUT2D eigenvalue weighted by Crippen LogP contribution is 2.35. The van der Waals surface area contributed by atoms with E-state index in [1.54, 1.807) is 0 Å². The van der Waals surface area contributed by atoms with Gasteiger partial charge in [-0.15, -0.1) is 0 Å². The van der Waals surface area contributed by atoms with Crippen molar-refractivity contribution < 1.29 is 23.7 Å². The van der Waals surface area contributed by atoms with Gasteiger partial charge in [-0.25, -0.2) is 0 Å². The Kier molecular flexibility index (Phi) is 8.95. The Labute approximate surface area is 145 Å². The molecule has 24 heavy (non-hydrogen) atoms. The Balaban J connectivity index is 1.50. The van der Waals surface area contributed by atoms with Crippen molar-refractivity contribution in [2.24, 2.45) is 0 Å². The molecular formula is C19H30O5. The maximum absolute atomic E-state index is 5.77. The minimum Gasteiger partial charge on any atom is -0.448 e. The maximum Gasteiger partial charge on any atom is 0.264 e. The largest absolute Gasteiger partial charge is 0.448 e. The minimum atomic E-state index is -0.366. The smallest absolute Gasteiger partial charge is 0.264 e. The minimum absolute atomic E-state index is 0.366. The van der Waals surface area contributed by atoms with Crippen molar-refractivity contribution in [2.45, 2.75) is 45.8 Å². The third-order valence-corrected chi connectivity index (χ3v) is 3.70. The van der Waals surface area contributed by atoms with Crippen molar-refractivity contribution in [3.05, 3.63) is 23.8 Å². The molecule has 0 N–H and O–H groups in total. The lowest BCUT2D eigenvalue weighted by molar-refractivity contribution is -0.0499. The Morgan fingerprint density at radius 1 is 0.833 bits per heavy atom. The van der Waals surface area contributed by atoms with Gasteiger partial charge in [0.15, 0.2) is 11.5 Å². The summed E-state index contributed by atoms with van der Waals surface area (Å²) in [5.74, 6) is 1.61. The van der Waals surface area contributed by atoms with Crippen LogP contribution in [-0.2, 0) is 20.6 Å².